The van der Waals surface area contributed by atoms with Crippen molar-refractivity contribution in [2.45, 2.75) is 47.5 Å². The van der Waals surface area contributed by atoms with Crippen LogP contribution >= 0.6 is 0 Å². The Morgan fingerprint density at radius 1 is 1.05 bits per heavy atom. The van der Waals surface area contributed by atoms with Crippen molar-refractivity contribution in [1.29, 1.82) is 0 Å². The number of allylic oxidation sites excluding steroid dienone is 1. The van der Waals surface area contributed by atoms with Gasteiger partial charge in [-0.15, -0.1) is 0 Å². The molecule has 0 atom stereocenters. The first kappa shape index (κ1) is 17.7. The molecule has 0 heterocycles. The molecule has 0 saturated carbocycles. The first-order valence-electron chi connectivity index (χ1n) is 6.98. The molecule has 0 radical (unpaired) electrons. The number of hydrogen-bond acceptors (Lipinski definition) is 4. The molecule has 0 aromatic rings. The Morgan fingerprint density at radius 2 is 1.53 bits per heavy atom. The quantitative estimate of drug-likeness (QED) is 0.386. The van der Waals surface area contributed by atoms with E-state index in [9.17, 15) is 9.59 Å². The zero-order valence-electron chi connectivity index (χ0n) is 12.7. The van der Waals surface area contributed by atoms with Gasteiger partial charge in [0.1, 0.15) is 0 Å². The van der Waals surface area contributed by atoms with E-state index in [1.54, 1.807) is 19.9 Å². The maximum atomic E-state index is 12.2. The standard InChI is InChI=1S/C15H26O4/c1-6-10-15(11-9-12(4)5,13(16)18-7-2)14(17)19-8-3/h9,11-12H,6-8,10H2,1-5H3/b11-9+. The van der Waals surface area contributed by atoms with Crippen LogP contribution in [0.25, 0.3) is 0 Å². The molecule has 0 aromatic heterocycles. The van der Waals surface area contributed by atoms with E-state index in [-0.39, 0.29) is 19.1 Å². The summed E-state index contributed by atoms with van der Waals surface area (Å²) in [4.78, 5) is 24.4. The molecular formula is C15H26O4. The molecule has 0 saturated heterocycles. The molecule has 110 valence electrons. The summed E-state index contributed by atoms with van der Waals surface area (Å²) < 4.78 is 10.1. The maximum Gasteiger partial charge on any atom is 0.327 e. The average Bonchev–Trinajstić information content (AvgIpc) is 2.34. The van der Waals surface area contributed by atoms with Crippen molar-refractivity contribution >= 4 is 11.9 Å². The van der Waals surface area contributed by atoms with E-state index in [1.165, 1.54) is 0 Å². The molecule has 0 unspecified atom stereocenters. The zero-order valence-corrected chi connectivity index (χ0v) is 12.7. The summed E-state index contributed by atoms with van der Waals surface area (Å²) in [5.41, 5.74) is -1.30. The van der Waals surface area contributed by atoms with Gasteiger partial charge in [-0.1, -0.05) is 39.3 Å². The average molecular weight is 270 g/mol. The van der Waals surface area contributed by atoms with E-state index in [0.29, 0.717) is 12.8 Å². The minimum atomic E-state index is -1.30. The SMILES string of the molecule is CCCC(/C=C/C(C)C)(C(=O)OCC)C(=O)OCC. The summed E-state index contributed by atoms with van der Waals surface area (Å²) in [7, 11) is 0. The molecule has 0 spiro atoms. The number of carbonyl (C=O) groups excluding carboxylic acids is 2. The van der Waals surface area contributed by atoms with Crippen LogP contribution in [0.5, 0.6) is 0 Å². The van der Waals surface area contributed by atoms with Crippen molar-refractivity contribution in [3.8, 4) is 0 Å². The summed E-state index contributed by atoms with van der Waals surface area (Å²) in [6, 6.07) is 0. The highest BCUT2D eigenvalue weighted by Gasteiger charge is 2.45. The molecular weight excluding hydrogens is 244 g/mol. The summed E-state index contributed by atoms with van der Waals surface area (Å²) in [5.74, 6) is -0.792. The molecule has 4 nitrogen and oxygen atoms in total. The Labute approximate surface area is 116 Å². The van der Waals surface area contributed by atoms with Crippen LogP contribution in [0.15, 0.2) is 12.2 Å². The maximum absolute atomic E-state index is 12.2. The highest BCUT2D eigenvalue weighted by atomic mass is 16.6. The van der Waals surface area contributed by atoms with E-state index in [2.05, 4.69) is 0 Å². The second kappa shape index (κ2) is 8.73. The fraction of sp³-hybridized carbons (Fsp3) is 0.733. The van der Waals surface area contributed by atoms with Gasteiger partial charge in [-0.05, 0) is 26.2 Å². The number of esters is 2. The van der Waals surface area contributed by atoms with E-state index in [0.717, 1.165) is 0 Å². The van der Waals surface area contributed by atoms with Crippen LogP contribution in [-0.2, 0) is 19.1 Å². The number of ether oxygens (including phenoxy) is 2. The van der Waals surface area contributed by atoms with Crippen LogP contribution in [-0.4, -0.2) is 25.2 Å². The van der Waals surface area contributed by atoms with Gasteiger partial charge in [0.05, 0.1) is 13.2 Å². The number of hydrogen-bond donors (Lipinski definition) is 0. The molecule has 0 fully saturated rings. The third-order valence-electron chi connectivity index (χ3n) is 2.69. The van der Waals surface area contributed by atoms with Gasteiger partial charge >= 0.3 is 11.9 Å². The molecule has 0 aliphatic rings. The van der Waals surface area contributed by atoms with E-state index in [4.69, 9.17) is 9.47 Å². The van der Waals surface area contributed by atoms with Crippen LogP contribution in [0, 0.1) is 11.3 Å². The Kier molecular flexibility index (Phi) is 8.12. The molecule has 0 N–H and O–H groups in total. The van der Waals surface area contributed by atoms with Crippen molar-refractivity contribution in [3.63, 3.8) is 0 Å². The van der Waals surface area contributed by atoms with E-state index >= 15 is 0 Å². The smallest absolute Gasteiger partial charge is 0.327 e. The van der Waals surface area contributed by atoms with Gasteiger partial charge in [0.15, 0.2) is 5.41 Å². The molecule has 0 aliphatic heterocycles. The first-order chi connectivity index (χ1) is 8.94. The minimum absolute atomic E-state index is 0.249. The highest BCUT2D eigenvalue weighted by Crippen LogP contribution is 2.30. The lowest BCUT2D eigenvalue weighted by molar-refractivity contribution is -0.168. The molecule has 0 bridgehead atoms. The van der Waals surface area contributed by atoms with Gasteiger partial charge in [-0.25, -0.2) is 0 Å². The van der Waals surface area contributed by atoms with Crippen LogP contribution in [0.3, 0.4) is 0 Å². The van der Waals surface area contributed by atoms with Gasteiger partial charge in [0, 0.05) is 0 Å². The van der Waals surface area contributed by atoms with Gasteiger partial charge in [-0.2, -0.15) is 0 Å². The largest absolute Gasteiger partial charge is 0.465 e. The Hall–Kier alpha value is -1.32. The predicted molar refractivity (Wildman–Crippen MR) is 74.6 cm³/mol. The van der Waals surface area contributed by atoms with Crippen molar-refractivity contribution < 1.29 is 19.1 Å². The monoisotopic (exact) mass is 270 g/mol. The van der Waals surface area contributed by atoms with Crippen LogP contribution in [0.4, 0.5) is 0 Å². The van der Waals surface area contributed by atoms with Crippen molar-refractivity contribution in [2.75, 3.05) is 13.2 Å². The minimum Gasteiger partial charge on any atom is -0.465 e. The third-order valence-corrected chi connectivity index (χ3v) is 2.69. The lowest BCUT2D eigenvalue weighted by Gasteiger charge is -2.26. The molecule has 0 aromatic carbocycles. The lowest BCUT2D eigenvalue weighted by Crippen LogP contribution is -2.40. The molecule has 19 heavy (non-hydrogen) atoms. The first-order valence-corrected chi connectivity index (χ1v) is 6.98. The van der Waals surface area contributed by atoms with Gasteiger partial charge in [0.2, 0.25) is 0 Å². The molecule has 0 rings (SSSR count). The topological polar surface area (TPSA) is 52.6 Å². The van der Waals surface area contributed by atoms with Gasteiger partial charge < -0.3 is 9.47 Å². The molecule has 0 aliphatic carbocycles. The lowest BCUT2D eigenvalue weighted by atomic mass is 9.82. The van der Waals surface area contributed by atoms with Crippen molar-refractivity contribution in [3.05, 3.63) is 12.2 Å². The van der Waals surface area contributed by atoms with Crippen molar-refractivity contribution in [1.82, 2.24) is 0 Å². The third kappa shape index (κ3) is 5.05. The van der Waals surface area contributed by atoms with E-state index < -0.39 is 17.4 Å². The second-order valence-corrected chi connectivity index (χ2v) is 4.77. The zero-order chi connectivity index (χ0) is 14.9. The Balaban J connectivity index is 5.45. The molecule has 0 amide bonds. The summed E-state index contributed by atoms with van der Waals surface area (Å²) in [5, 5.41) is 0. The number of carbonyl (C=O) groups is 2. The second-order valence-electron chi connectivity index (χ2n) is 4.77. The van der Waals surface area contributed by atoms with Gasteiger partial charge in [0.25, 0.3) is 0 Å². The summed E-state index contributed by atoms with van der Waals surface area (Å²) >= 11 is 0. The Morgan fingerprint density at radius 3 is 1.84 bits per heavy atom. The predicted octanol–water partition coefficient (Wildman–Crippen LogP) is 3.11. The number of rotatable bonds is 8. The highest BCUT2D eigenvalue weighted by molar-refractivity contribution is 6.02. The molecule has 4 heteroatoms. The Bertz CT molecular complexity index is 300. The van der Waals surface area contributed by atoms with Crippen LogP contribution in [0.2, 0.25) is 0 Å². The van der Waals surface area contributed by atoms with Crippen molar-refractivity contribution in [2.24, 2.45) is 11.3 Å². The fourth-order valence-corrected chi connectivity index (χ4v) is 1.78. The van der Waals surface area contributed by atoms with Crippen LogP contribution in [0.1, 0.15) is 47.5 Å². The van der Waals surface area contributed by atoms with Crippen LogP contribution < -0.4 is 0 Å². The summed E-state index contributed by atoms with van der Waals surface area (Å²) in [6.07, 6.45) is 4.59. The van der Waals surface area contributed by atoms with Gasteiger partial charge in [-0.3, -0.25) is 9.59 Å². The normalized spacial score (nSPS) is 11.9. The van der Waals surface area contributed by atoms with E-state index in [1.807, 2.05) is 26.8 Å². The summed E-state index contributed by atoms with van der Waals surface area (Å²) in [6.45, 7) is 9.86. The fourth-order valence-electron chi connectivity index (χ4n) is 1.78.